The standard InChI is InChI=1S/C16H26BrN/c1-6-13(7-2)10-15(18-5)14-8-11(3)16(17)12(4)9-14/h8-9,13,15,18H,6-7,10H2,1-5H3. The largest absolute Gasteiger partial charge is 0.313 e. The van der Waals surface area contributed by atoms with Crippen LogP contribution in [0, 0.1) is 19.8 Å². The molecule has 1 aromatic carbocycles. The lowest BCUT2D eigenvalue weighted by Gasteiger charge is -2.23. The third-order valence-corrected chi connectivity index (χ3v) is 5.18. The molecule has 0 bridgehead atoms. The smallest absolute Gasteiger partial charge is 0.0320 e. The molecule has 1 nitrogen and oxygen atoms in total. The quantitative estimate of drug-likeness (QED) is 0.765. The summed E-state index contributed by atoms with van der Waals surface area (Å²) < 4.78 is 1.24. The van der Waals surface area contributed by atoms with Gasteiger partial charge in [-0.2, -0.15) is 0 Å². The molecule has 1 N–H and O–H groups in total. The maximum absolute atomic E-state index is 3.64. The van der Waals surface area contributed by atoms with Crippen LogP contribution >= 0.6 is 15.9 Å². The molecule has 0 aliphatic carbocycles. The predicted octanol–water partition coefficient (Wildman–Crippen LogP) is 5.15. The minimum atomic E-state index is 0.473. The van der Waals surface area contributed by atoms with Crippen LogP contribution in [0.2, 0.25) is 0 Å². The summed E-state index contributed by atoms with van der Waals surface area (Å²) in [5.41, 5.74) is 4.08. The number of hydrogen-bond acceptors (Lipinski definition) is 1. The van der Waals surface area contributed by atoms with E-state index in [1.807, 2.05) is 0 Å². The second-order valence-electron chi connectivity index (χ2n) is 5.23. The third kappa shape index (κ3) is 3.83. The average Bonchev–Trinajstić information content (AvgIpc) is 2.37. The van der Waals surface area contributed by atoms with E-state index in [2.05, 4.69) is 68.1 Å². The van der Waals surface area contributed by atoms with E-state index < -0.39 is 0 Å². The predicted molar refractivity (Wildman–Crippen MR) is 84.1 cm³/mol. The fourth-order valence-corrected chi connectivity index (χ4v) is 2.79. The van der Waals surface area contributed by atoms with Gasteiger partial charge in [0.2, 0.25) is 0 Å². The summed E-state index contributed by atoms with van der Waals surface area (Å²) in [7, 11) is 2.07. The average molecular weight is 312 g/mol. The van der Waals surface area contributed by atoms with Crippen LogP contribution in [-0.4, -0.2) is 7.05 Å². The van der Waals surface area contributed by atoms with E-state index in [0.717, 1.165) is 5.92 Å². The van der Waals surface area contributed by atoms with Crippen LogP contribution < -0.4 is 5.32 Å². The van der Waals surface area contributed by atoms with Crippen molar-refractivity contribution in [2.75, 3.05) is 7.05 Å². The van der Waals surface area contributed by atoms with Gasteiger partial charge < -0.3 is 5.32 Å². The Labute approximate surface area is 120 Å². The van der Waals surface area contributed by atoms with Crippen molar-refractivity contribution in [3.63, 3.8) is 0 Å². The monoisotopic (exact) mass is 311 g/mol. The van der Waals surface area contributed by atoms with Gasteiger partial charge in [-0.1, -0.05) is 54.8 Å². The van der Waals surface area contributed by atoms with Gasteiger partial charge in [-0.15, -0.1) is 0 Å². The molecular weight excluding hydrogens is 286 g/mol. The molecule has 102 valence electrons. The normalized spacial score (nSPS) is 13.1. The van der Waals surface area contributed by atoms with E-state index >= 15 is 0 Å². The summed E-state index contributed by atoms with van der Waals surface area (Å²) in [6.07, 6.45) is 3.76. The molecule has 0 heterocycles. The zero-order valence-electron chi connectivity index (χ0n) is 12.3. The van der Waals surface area contributed by atoms with Gasteiger partial charge in [0.1, 0.15) is 0 Å². The molecule has 0 radical (unpaired) electrons. The Morgan fingerprint density at radius 3 is 2.00 bits per heavy atom. The van der Waals surface area contributed by atoms with Gasteiger partial charge in [0.15, 0.2) is 0 Å². The van der Waals surface area contributed by atoms with Crippen molar-refractivity contribution in [1.82, 2.24) is 5.32 Å². The van der Waals surface area contributed by atoms with Crippen LogP contribution in [0.25, 0.3) is 0 Å². The van der Waals surface area contributed by atoms with E-state index in [9.17, 15) is 0 Å². The highest BCUT2D eigenvalue weighted by Gasteiger charge is 2.16. The molecule has 0 fully saturated rings. The van der Waals surface area contributed by atoms with Crippen molar-refractivity contribution in [1.29, 1.82) is 0 Å². The number of benzene rings is 1. The first-order chi connectivity index (χ1) is 8.53. The number of hydrogen-bond donors (Lipinski definition) is 1. The van der Waals surface area contributed by atoms with Crippen molar-refractivity contribution in [3.8, 4) is 0 Å². The van der Waals surface area contributed by atoms with Crippen LogP contribution in [-0.2, 0) is 0 Å². The lowest BCUT2D eigenvalue weighted by molar-refractivity contribution is 0.385. The van der Waals surface area contributed by atoms with Crippen LogP contribution in [0.15, 0.2) is 16.6 Å². The Morgan fingerprint density at radius 2 is 1.61 bits per heavy atom. The lowest BCUT2D eigenvalue weighted by Crippen LogP contribution is -2.20. The highest BCUT2D eigenvalue weighted by Crippen LogP contribution is 2.29. The molecule has 0 aromatic heterocycles. The third-order valence-electron chi connectivity index (χ3n) is 3.93. The first kappa shape index (κ1) is 15.7. The van der Waals surface area contributed by atoms with Crippen LogP contribution in [0.1, 0.15) is 55.8 Å². The van der Waals surface area contributed by atoms with Gasteiger partial charge in [-0.05, 0) is 49.9 Å². The highest BCUT2D eigenvalue weighted by molar-refractivity contribution is 9.10. The van der Waals surface area contributed by atoms with Gasteiger partial charge in [0, 0.05) is 10.5 Å². The van der Waals surface area contributed by atoms with Crippen molar-refractivity contribution >= 4 is 15.9 Å². The molecule has 0 amide bonds. The van der Waals surface area contributed by atoms with E-state index in [0.29, 0.717) is 6.04 Å². The molecule has 0 aliphatic heterocycles. The van der Waals surface area contributed by atoms with Gasteiger partial charge in [0.25, 0.3) is 0 Å². The fraction of sp³-hybridized carbons (Fsp3) is 0.625. The van der Waals surface area contributed by atoms with Gasteiger partial charge in [-0.25, -0.2) is 0 Å². The van der Waals surface area contributed by atoms with Crippen molar-refractivity contribution in [3.05, 3.63) is 33.3 Å². The number of halogens is 1. The fourth-order valence-electron chi connectivity index (χ4n) is 2.56. The van der Waals surface area contributed by atoms with Gasteiger partial charge in [0.05, 0.1) is 0 Å². The van der Waals surface area contributed by atoms with E-state index in [-0.39, 0.29) is 0 Å². The zero-order valence-corrected chi connectivity index (χ0v) is 13.9. The molecule has 18 heavy (non-hydrogen) atoms. The molecule has 2 heteroatoms. The highest BCUT2D eigenvalue weighted by atomic mass is 79.9. The summed E-state index contributed by atoms with van der Waals surface area (Å²) in [6.45, 7) is 8.92. The van der Waals surface area contributed by atoms with Crippen LogP contribution in [0.3, 0.4) is 0 Å². The maximum Gasteiger partial charge on any atom is 0.0320 e. The molecule has 1 rings (SSSR count). The summed E-state index contributed by atoms with van der Waals surface area (Å²) in [5, 5.41) is 3.48. The summed E-state index contributed by atoms with van der Waals surface area (Å²) in [6, 6.07) is 5.08. The Kier molecular flexibility index (Phi) is 6.37. The molecular formula is C16H26BrN. The molecule has 0 aliphatic rings. The van der Waals surface area contributed by atoms with Crippen LogP contribution in [0.5, 0.6) is 0 Å². The molecule has 0 saturated heterocycles. The summed E-state index contributed by atoms with van der Waals surface area (Å²) in [5.74, 6) is 0.812. The zero-order chi connectivity index (χ0) is 13.7. The Bertz CT molecular complexity index is 360. The Hall–Kier alpha value is -0.340. The molecule has 0 saturated carbocycles. The van der Waals surface area contributed by atoms with Gasteiger partial charge >= 0.3 is 0 Å². The first-order valence-corrected chi connectivity index (χ1v) is 7.76. The molecule has 1 aromatic rings. The van der Waals surface area contributed by atoms with E-state index in [1.165, 1.54) is 40.4 Å². The first-order valence-electron chi connectivity index (χ1n) is 6.97. The Balaban J connectivity index is 2.95. The van der Waals surface area contributed by atoms with Crippen LogP contribution in [0.4, 0.5) is 0 Å². The molecule has 1 unspecified atom stereocenters. The molecule has 1 atom stereocenters. The number of nitrogens with one attached hydrogen (secondary N) is 1. The van der Waals surface area contributed by atoms with Gasteiger partial charge in [-0.3, -0.25) is 0 Å². The SMILES string of the molecule is CCC(CC)CC(NC)c1cc(C)c(Br)c(C)c1. The second kappa shape index (κ2) is 7.30. The topological polar surface area (TPSA) is 12.0 Å². The Morgan fingerprint density at radius 1 is 1.11 bits per heavy atom. The van der Waals surface area contributed by atoms with E-state index in [4.69, 9.17) is 0 Å². The molecule has 0 spiro atoms. The maximum atomic E-state index is 3.64. The number of rotatable bonds is 6. The lowest BCUT2D eigenvalue weighted by atomic mass is 9.90. The second-order valence-corrected chi connectivity index (χ2v) is 6.02. The minimum Gasteiger partial charge on any atom is -0.313 e. The van der Waals surface area contributed by atoms with E-state index in [1.54, 1.807) is 0 Å². The number of aryl methyl sites for hydroxylation is 2. The minimum absolute atomic E-state index is 0.473. The van der Waals surface area contributed by atoms with Crippen molar-refractivity contribution in [2.24, 2.45) is 5.92 Å². The van der Waals surface area contributed by atoms with Crippen molar-refractivity contribution < 1.29 is 0 Å². The summed E-state index contributed by atoms with van der Waals surface area (Å²) >= 11 is 3.64. The summed E-state index contributed by atoms with van der Waals surface area (Å²) in [4.78, 5) is 0. The van der Waals surface area contributed by atoms with Crippen molar-refractivity contribution in [2.45, 2.75) is 53.0 Å².